The van der Waals surface area contributed by atoms with Gasteiger partial charge >= 0.3 is 5.97 Å². The zero-order chi connectivity index (χ0) is 11.6. The Balaban J connectivity index is 2.80. The average Bonchev–Trinajstić information content (AvgIpc) is 2.19. The molecule has 0 aromatic rings. The van der Waals surface area contributed by atoms with Crippen LogP contribution in [0.5, 0.6) is 0 Å². The molecule has 0 bridgehead atoms. The minimum atomic E-state index is -0.0987. The summed E-state index contributed by atoms with van der Waals surface area (Å²) in [4.78, 5) is 11.7. The Morgan fingerprint density at radius 2 is 2.13 bits per heavy atom. The van der Waals surface area contributed by atoms with Crippen LogP contribution in [0.25, 0.3) is 0 Å². The van der Waals surface area contributed by atoms with E-state index in [-0.39, 0.29) is 12.1 Å². The third-order valence-electron chi connectivity index (χ3n) is 3.38. The smallest absolute Gasteiger partial charge is 0.334 e. The highest BCUT2D eigenvalue weighted by Crippen LogP contribution is 2.32. The predicted molar refractivity (Wildman–Crippen MR) is 61.5 cm³/mol. The summed E-state index contributed by atoms with van der Waals surface area (Å²) in [5.74, 6) is 0.809. The number of hydrogen-bond acceptors (Lipinski definition) is 2. The molecule has 15 heavy (non-hydrogen) atoms. The lowest BCUT2D eigenvalue weighted by molar-refractivity contribution is -0.154. The number of esters is 1. The highest BCUT2D eigenvalue weighted by Gasteiger charge is 2.34. The lowest BCUT2D eigenvalue weighted by Gasteiger charge is -2.34. The Morgan fingerprint density at radius 1 is 1.53 bits per heavy atom. The van der Waals surface area contributed by atoms with E-state index in [1.807, 2.05) is 13.8 Å². The highest BCUT2D eigenvalue weighted by molar-refractivity contribution is 5.90. The summed E-state index contributed by atoms with van der Waals surface area (Å²) >= 11 is 0. The van der Waals surface area contributed by atoms with Gasteiger partial charge in [-0.15, -0.1) is 0 Å². The molecule has 0 amide bonds. The van der Waals surface area contributed by atoms with Crippen molar-refractivity contribution in [2.24, 2.45) is 11.8 Å². The van der Waals surface area contributed by atoms with Crippen LogP contribution in [0.2, 0.25) is 0 Å². The average molecular weight is 210 g/mol. The summed E-state index contributed by atoms with van der Waals surface area (Å²) in [6.45, 7) is 10.4. The van der Waals surface area contributed by atoms with Gasteiger partial charge in [0, 0.05) is 5.57 Å². The number of hydrogen-bond donors (Lipinski definition) is 0. The molecule has 1 fully saturated rings. The maximum atomic E-state index is 11.7. The zero-order valence-corrected chi connectivity index (χ0v) is 10.5. The summed E-state index contributed by atoms with van der Waals surface area (Å²) in [7, 11) is 0. The monoisotopic (exact) mass is 210 g/mol. The second kappa shape index (κ2) is 4.82. The van der Waals surface area contributed by atoms with E-state index in [9.17, 15) is 4.79 Å². The molecule has 1 heterocycles. The lowest BCUT2D eigenvalue weighted by atomic mass is 9.84. The second-order valence-electron chi connectivity index (χ2n) is 4.92. The molecule has 0 saturated carbocycles. The van der Waals surface area contributed by atoms with Crippen molar-refractivity contribution in [2.45, 2.75) is 53.6 Å². The van der Waals surface area contributed by atoms with Crippen molar-refractivity contribution in [2.75, 3.05) is 0 Å². The van der Waals surface area contributed by atoms with Gasteiger partial charge in [-0.3, -0.25) is 0 Å². The van der Waals surface area contributed by atoms with Gasteiger partial charge in [-0.1, -0.05) is 32.8 Å². The molecule has 3 atom stereocenters. The third kappa shape index (κ3) is 2.61. The molecule has 3 unspecified atom stereocenters. The van der Waals surface area contributed by atoms with Crippen molar-refractivity contribution in [1.82, 2.24) is 0 Å². The molecular formula is C13H22O2. The summed E-state index contributed by atoms with van der Waals surface area (Å²) < 4.78 is 5.53. The largest absolute Gasteiger partial charge is 0.458 e. The van der Waals surface area contributed by atoms with E-state index in [1.54, 1.807) is 0 Å². The summed E-state index contributed by atoms with van der Waals surface area (Å²) in [5.41, 5.74) is 1.97. The number of cyclic esters (lactones) is 1. The van der Waals surface area contributed by atoms with Crippen molar-refractivity contribution < 1.29 is 9.53 Å². The number of carbonyl (C=O) groups excluding carboxylic acids is 1. The van der Waals surface area contributed by atoms with Gasteiger partial charge < -0.3 is 4.74 Å². The highest BCUT2D eigenvalue weighted by atomic mass is 16.5. The van der Waals surface area contributed by atoms with Crippen molar-refractivity contribution in [3.63, 3.8) is 0 Å². The minimum absolute atomic E-state index is 0.0987. The van der Waals surface area contributed by atoms with Gasteiger partial charge in [0.25, 0.3) is 0 Å². The van der Waals surface area contributed by atoms with Gasteiger partial charge in [-0.25, -0.2) is 4.79 Å². The molecular weight excluding hydrogens is 188 g/mol. The van der Waals surface area contributed by atoms with E-state index in [0.29, 0.717) is 11.8 Å². The Hall–Kier alpha value is -0.790. The standard InChI is InChI=1S/C13H22O2/c1-6-9(4)12-10(5)7-11(8(2)3)13(14)15-12/h9-10,12H,6-7H2,1-5H3. The molecule has 2 nitrogen and oxygen atoms in total. The normalized spacial score (nSPS) is 28.6. The fourth-order valence-electron chi connectivity index (χ4n) is 2.15. The molecule has 0 N–H and O–H groups in total. The van der Waals surface area contributed by atoms with E-state index in [1.165, 1.54) is 0 Å². The van der Waals surface area contributed by atoms with Crippen molar-refractivity contribution in [3.8, 4) is 0 Å². The summed E-state index contributed by atoms with van der Waals surface area (Å²) in [6.07, 6.45) is 2.04. The Morgan fingerprint density at radius 3 is 2.60 bits per heavy atom. The molecule has 0 aromatic heterocycles. The van der Waals surface area contributed by atoms with Gasteiger partial charge in [0.1, 0.15) is 6.10 Å². The molecule has 1 rings (SSSR count). The molecule has 1 aliphatic rings. The lowest BCUT2D eigenvalue weighted by Crippen LogP contribution is -2.37. The van der Waals surface area contributed by atoms with Gasteiger partial charge in [0.15, 0.2) is 0 Å². The fraction of sp³-hybridized carbons (Fsp3) is 0.769. The summed E-state index contributed by atoms with van der Waals surface area (Å²) in [5, 5.41) is 0. The van der Waals surface area contributed by atoms with Gasteiger partial charge in [-0.2, -0.15) is 0 Å². The van der Waals surface area contributed by atoms with Crippen LogP contribution >= 0.6 is 0 Å². The Bertz CT molecular complexity index is 274. The quantitative estimate of drug-likeness (QED) is 0.516. The Kier molecular flexibility index (Phi) is 3.95. The molecule has 0 spiro atoms. The molecule has 0 aliphatic carbocycles. The van der Waals surface area contributed by atoms with Crippen LogP contribution in [0, 0.1) is 11.8 Å². The maximum Gasteiger partial charge on any atom is 0.334 e. The fourth-order valence-corrected chi connectivity index (χ4v) is 2.15. The Labute approximate surface area is 92.7 Å². The first kappa shape index (κ1) is 12.3. The van der Waals surface area contributed by atoms with Gasteiger partial charge in [-0.05, 0) is 32.1 Å². The molecule has 0 radical (unpaired) electrons. The predicted octanol–water partition coefficient (Wildman–Crippen LogP) is 3.32. The van der Waals surface area contributed by atoms with Crippen LogP contribution in [-0.4, -0.2) is 12.1 Å². The van der Waals surface area contributed by atoms with Crippen molar-refractivity contribution >= 4 is 5.97 Å². The first-order valence-corrected chi connectivity index (χ1v) is 5.84. The number of rotatable bonds is 2. The van der Waals surface area contributed by atoms with E-state index < -0.39 is 0 Å². The second-order valence-corrected chi connectivity index (χ2v) is 4.92. The van der Waals surface area contributed by atoms with Crippen LogP contribution in [0.4, 0.5) is 0 Å². The van der Waals surface area contributed by atoms with Gasteiger partial charge in [0.2, 0.25) is 0 Å². The summed E-state index contributed by atoms with van der Waals surface area (Å²) in [6, 6.07) is 0. The van der Waals surface area contributed by atoms with Gasteiger partial charge in [0.05, 0.1) is 0 Å². The molecule has 86 valence electrons. The number of allylic oxidation sites excluding steroid dienone is 1. The van der Waals surface area contributed by atoms with Crippen LogP contribution in [0.15, 0.2) is 11.1 Å². The maximum absolute atomic E-state index is 11.7. The molecule has 1 aliphatic heterocycles. The van der Waals surface area contributed by atoms with Crippen molar-refractivity contribution in [3.05, 3.63) is 11.1 Å². The first-order valence-electron chi connectivity index (χ1n) is 5.84. The molecule has 1 saturated heterocycles. The van der Waals surface area contributed by atoms with E-state index in [2.05, 4.69) is 20.8 Å². The van der Waals surface area contributed by atoms with Crippen LogP contribution in [-0.2, 0) is 9.53 Å². The van der Waals surface area contributed by atoms with Crippen LogP contribution in [0.3, 0.4) is 0 Å². The number of carbonyl (C=O) groups is 1. The van der Waals surface area contributed by atoms with Crippen LogP contribution in [0.1, 0.15) is 47.5 Å². The van der Waals surface area contributed by atoms with E-state index in [4.69, 9.17) is 4.74 Å². The third-order valence-corrected chi connectivity index (χ3v) is 3.38. The topological polar surface area (TPSA) is 26.3 Å². The first-order chi connectivity index (χ1) is 6.97. The SMILES string of the molecule is CCC(C)C1OC(=O)C(=C(C)C)CC1C. The zero-order valence-electron chi connectivity index (χ0n) is 10.5. The van der Waals surface area contributed by atoms with Crippen LogP contribution < -0.4 is 0 Å². The number of ether oxygens (including phenoxy) is 1. The van der Waals surface area contributed by atoms with E-state index >= 15 is 0 Å². The minimum Gasteiger partial charge on any atom is -0.458 e. The molecule has 2 heteroatoms. The molecule has 0 aromatic carbocycles. The van der Waals surface area contributed by atoms with E-state index in [0.717, 1.165) is 24.0 Å². The van der Waals surface area contributed by atoms with Crippen molar-refractivity contribution in [1.29, 1.82) is 0 Å².